The molecule has 9 rings (SSSR count). The lowest BCUT2D eigenvalue weighted by atomic mass is 10.0. The summed E-state index contributed by atoms with van der Waals surface area (Å²) in [5, 5.41) is 96.0. The van der Waals surface area contributed by atoms with Gasteiger partial charge in [0.2, 0.25) is 0 Å². The molecule has 2 N–H and O–H groups in total. The minimum absolute atomic E-state index is 0.471. The zero-order valence-corrected chi connectivity index (χ0v) is 30.4. The Balaban J connectivity index is 1.60. The summed E-state index contributed by atoms with van der Waals surface area (Å²) in [5.41, 5.74) is -12.2. The van der Waals surface area contributed by atoms with E-state index in [2.05, 4.69) is 39.9 Å². The first-order chi connectivity index (χ1) is 30.3. The molecule has 0 unspecified atom stereocenters. The lowest BCUT2D eigenvalue weighted by molar-refractivity contribution is -0.393. The highest BCUT2D eigenvalue weighted by Crippen LogP contribution is 2.47. The summed E-state index contributed by atoms with van der Waals surface area (Å²) in [5.74, 6) is -2.81. The number of non-ortho nitro benzene ring substituents is 6. The number of nitro groups is 8. The van der Waals surface area contributed by atoms with Crippen molar-refractivity contribution in [2.45, 2.75) is 0 Å². The van der Waals surface area contributed by atoms with Crippen LogP contribution < -0.4 is 0 Å². The predicted molar refractivity (Wildman–Crippen MR) is 209 cm³/mol. The Hall–Kier alpha value is -10.6. The standard InChI is InChI=1S/C32H10N16O16/c49-41(50)9-1-13-21(17(5-9)45(57)58)29-35-25(13)33-26-14-2-10(42(51)52)6-18(46(59)60)22(14)31(36-26)40-32-24-16(4-12(44(55)56)8-20(24)48(63)64)28(38-32)34-27-15-3-11(43(53)54)7-19(47(61)62)23(15)30(37-27)39-29/h1-8H,(H2,33,34,35,36,37,38,39,40). The van der Waals surface area contributed by atoms with Crippen LogP contribution in [-0.2, 0) is 0 Å². The van der Waals surface area contributed by atoms with E-state index in [1.165, 1.54) is 0 Å². The first kappa shape index (κ1) is 38.9. The number of fused-ring (bicyclic) bond motifs is 20. The van der Waals surface area contributed by atoms with Gasteiger partial charge in [-0.05, 0) is 0 Å². The molecule has 8 bridgehead atoms. The number of aromatic amines is 2. The summed E-state index contributed by atoms with van der Waals surface area (Å²) in [6.45, 7) is 0. The molecule has 0 fully saturated rings. The maximum absolute atomic E-state index is 12.5. The van der Waals surface area contributed by atoms with Crippen molar-refractivity contribution in [2.24, 2.45) is 0 Å². The number of H-pyrrole nitrogens is 2. The molecule has 4 aromatic carbocycles. The fourth-order valence-corrected chi connectivity index (χ4v) is 7.16. The van der Waals surface area contributed by atoms with Gasteiger partial charge in [-0.2, -0.15) is 0 Å². The van der Waals surface area contributed by atoms with E-state index in [0.29, 0.717) is 24.3 Å². The molecule has 0 radical (unpaired) electrons. The van der Waals surface area contributed by atoms with E-state index >= 15 is 0 Å². The SMILES string of the molecule is O=[N+]([O-])c1cc2c(c([N+](=O)[O-])c1)-c1nc-2nc2[nH]c(nc3nc(nc4[nH]c(n1)c1c([N+](=O)[O-])cc([N+](=O)[O-])cc41)-c1cc([N+](=O)[O-])cc([N+](=O)[O-])c1-3)c1c([N+](=O)[O-])cc([N+](=O)[O-])cc21. The highest BCUT2D eigenvalue weighted by atomic mass is 16.7. The van der Waals surface area contributed by atoms with Crippen LogP contribution in [0.25, 0.3) is 89.7 Å². The predicted octanol–water partition coefficient (Wildman–Crippen LogP) is 6.13. The van der Waals surface area contributed by atoms with Gasteiger partial charge in [0.25, 0.3) is 45.5 Å². The molecule has 0 saturated heterocycles. The topological polar surface area (TPSA) is 454 Å². The molecule has 0 spiro atoms. The minimum atomic E-state index is -1.06. The van der Waals surface area contributed by atoms with Gasteiger partial charge < -0.3 is 9.97 Å². The summed E-state index contributed by atoms with van der Waals surface area (Å²) in [4.78, 5) is 121. The number of aromatic nitrogens is 8. The number of benzene rings is 4. The molecule has 32 nitrogen and oxygen atoms in total. The molecule has 64 heavy (non-hydrogen) atoms. The second-order valence-electron chi connectivity index (χ2n) is 13.2. The van der Waals surface area contributed by atoms with Crippen LogP contribution in [0.2, 0.25) is 0 Å². The second kappa shape index (κ2) is 13.5. The van der Waals surface area contributed by atoms with Crippen molar-refractivity contribution in [1.29, 1.82) is 0 Å². The van der Waals surface area contributed by atoms with E-state index in [1.807, 2.05) is 0 Å². The maximum Gasteiger partial charge on any atom is 0.288 e. The molecular weight excluding hydrogens is 864 g/mol. The molecule has 314 valence electrons. The summed E-state index contributed by atoms with van der Waals surface area (Å²) >= 11 is 0. The number of hydrogen-bond donors (Lipinski definition) is 2. The molecule has 3 aromatic heterocycles. The fourth-order valence-electron chi connectivity index (χ4n) is 7.16. The van der Waals surface area contributed by atoms with Gasteiger partial charge in [0.05, 0.1) is 63.7 Å². The van der Waals surface area contributed by atoms with Crippen molar-refractivity contribution in [3.63, 3.8) is 0 Å². The van der Waals surface area contributed by atoms with Crippen molar-refractivity contribution < 1.29 is 39.4 Å². The molecule has 0 saturated carbocycles. The largest absolute Gasteiger partial charge is 0.324 e. The normalized spacial score (nSPS) is 11.5. The number of nitrogens with one attached hydrogen (secondary N) is 2. The Morgan fingerprint density at radius 3 is 0.938 bits per heavy atom. The smallest absolute Gasteiger partial charge is 0.288 e. The van der Waals surface area contributed by atoms with E-state index < -0.39 is 175 Å². The molecule has 2 aliphatic rings. The number of hydrogen-bond acceptors (Lipinski definition) is 22. The third kappa shape index (κ3) is 5.86. The van der Waals surface area contributed by atoms with Crippen LogP contribution in [0.4, 0.5) is 45.5 Å². The van der Waals surface area contributed by atoms with Crippen molar-refractivity contribution >= 4 is 89.6 Å². The Morgan fingerprint density at radius 2 is 0.625 bits per heavy atom. The van der Waals surface area contributed by atoms with Crippen LogP contribution in [0.3, 0.4) is 0 Å². The molecule has 32 heteroatoms. The molecule has 2 aliphatic heterocycles. The van der Waals surface area contributed by atoms with Crippen LogP contribution in [0.5, 0.6) is 0 Å². The van der Waals surface area contributed by atoms with E-state index in [0.717, 1.165) is 24.3 Å². The quantitative estimate of drug-likeness (QED) is 0.128. The molecule has 0 atom stereocenters. The summed E-state index contributed by atoms with van der Waals surface area (Å²) in [7, 11) is 0. The summed E-state index contributed by atoms with van der Waals surface area (Å²) in [6, 6.07) is 5.28. The highest BCUT2D eigenvalue weighted by Gasteiger charge is 2.36. The molecular formula is C32H10N16O16. The Kier molecular flexibility index (Phi) is 8.20. The summed E-state index contributed by atoms with van der Waals surface area (Å²) in [6.07, 6.45) is 0. The van der Waals surface area contributed by atoms with Crippen molar-refractivity contribution in [3.8, 4) is 45.6 Å². The van der Waals surface area contributed by atoms with Crippen LogP contribution in [0.1, 0.15) is 0 Å². The average Bonchev–Trinajstić information content (AvgIpc) is 3.97. The zero-order chi connectivity index (χ0) is 45.8. The van der Waals surface area contributed by atoms with Gasteiger partial charge >= 0.3 is 0 Å². The number of nitrogens with zero attached hydrogens (tertiary/aromatic N) is 14. The molecule has 0 aliphatic carbocycles. The van der Waals surface area contributed by atoms with E-state index in [-0.39, 0.29) is 0 Å². The van der Waals surface area contributed by atoms with E-state index in [9.17, 15) is 80.9 Å². The first-order valence-corrected chi connectivity index (χ1v) is 17.0. The minimum Gasteiger partial charge on any atom is -0.324 e. The third-order valence-electron chi connectivity index (χ3n) is 9.72. The monoisotopic (exact) mass is 874 g/mol. The highest BCUT2D eigenvalue weighted by molar-refractivity contribution is 6.12. The number of nitro benzene ring substituents is 8. The molecule has 0 amide bonds. The van der Waals surface area contributed by atoms with Gasteiger partial charge in [0.1, 0.15) is 44.5 Å². The van der Waals surface area contributed by atoms with Crippen molar-refractivity contribution in [2.75, 3.05) is 0 Å². The van der Waals surface area contributed by atoms with Gasteiger partial charge in [-0.3, -0.25) is 80.9 Å². The van der Waals surface area contributed by atoms with Gasteiger partial charge in [0.15, 0.2) is 23.3 Å². The van der Waals surface area contributed by atoms with Gasteiger partial charge in [-0.25, -0.2) is 29.9 Å². The van der Waals surface area contributed by atoms with Crippen LogP contribution in [0.15, 0.2) is 48.5 Å². The second-order valence-corrected chi connectivity index (χ2v) is 13.2. The lowest BCUT2D eigenvalue weighted by Gasteiger charge is -2.01. The number of rotatable bonds is 8. The Labute approximate surface area is 343 Å². The van der Waals surface area contributed by atoms with E-state index in [1.54, 1.807) is 0 Å². The Bertz CT molecular complexity index is 3440. The van der Waals surface area contributed by atoms with Crippen LogP contribution >= 0.6 is 0 Å². The average molecular weight is 875 g/mol. The lowest BCUT2D eigenvalue weighted by Crippen LogP contribution is -1.97. The Morgan fingerprint density at radius 1 is 0.328 bits per heavy atom. The van der Waals surface area contributed by atoms with Crippen molar-refractivity contribution in [1.82, 2.24) is 39.9 Å². The fraction of sp³-hybridized carbons (Fsp3) is 0. The summed E-state index contributed by atoms with van der Waals surface area (Å²) < 4.78 is 0. The molecule has 7 aromatic rings. The van der Waals surface area contributed by atoms with Crippen LogP contribution in [0, 0.1) is 80.9 Å². The van der Waals surface area contributed by atoms with Crippen molar-refractivity contribution in [3.05, 3.63) is 129 Å². The van der Waals surface area contributed by atoms with E-state index in [4.69, 9.17) is 0 Å². The van der Waals surface area contributed by atoms with Gasteiger partial charge in [-0.1, -0.05) is 0 Å². The maximum atomic E-state index is 12.5. The molecule has 5 heterocycles. The van der Waals surface area contributed by atoms with Crippen LogP contribution in [-0.4, -0.2) is 79.3 Å². The third-order valence-corrected chi connectivity index (χ3v) is 9.72. The van der Waals surface area contributed by atoms with Gasteiger partial charge in [0, 0.05) is 46.2 Å². The first-order valence-electron chi connectivity index (χ1n) is 17.0. The van der Waals surface area contributed by atoms with Gasteiger partial charge in [-0.15, -0.1) is 0 Å². The zero-order valence-electron chi connectivity index (χ0n) is 30.4.